The van der Waals surface area contributed by atoms with E-state index in [9.17, 15) is 0 Å². The first-order valence-electron chi connectivity index (χ1n) is 8.31. The number of ether oxygens (including phenoxy) is 2. The first-order valence-corrected chi connectivity index (χ1v) is 9.68. The van der Waals surface area contributed by atoms with Gasteiger partial charge < -0.3 is 14.0 Å². The normalized spacial score (nSPS) is 17.9. The third-order valence-electron chi connectivity index (χ3n) is 4.23. The summed E-state index contributed by atoms with van der Waals surface area (Å²) in [5, 5.41) is 1.71. The van der Waals surface area contributed by atoms with E-state index in [1.807, 2.05) is 24.3 Å². The molecule has 3 aromatic rings. The van der Waals surface area contributed by atoms with Gasteiger partial charge in [0.05, 0.1) is 30.3 Å². The molecule has 4 rings (SSSR count). The molecule has 6 heteroatoms. The number of rotatable bonds is 5. The van der Waals surface area contributed by atoms with Gasteiger partial charge in [0.1, 0.15) is 6.79 Å². The van der Waals surface area contributed by atoms with Gasteiger partial charge in [0.25, 0.3) is 0 Å². The van der Waals surface area contributed by atoms with Crippen molar-refractivity contribution in [3.8, 4) is 0 Å². The first-order chi connectivity index (χ1) is 12.3. The smallest absolute Gasteiger partial charge is 0.169 e. The highest BCUT2D eigenvalue weighted by atomic mass is 35.5. The van der Waals surface area contributed by atoms with E-state index in [0.717, 1.165) is 41.5 Å². The van der Waals surface area contributed by atoms with Gasteiger partial charge in [-0.15, -0.1) is 0 Å². The van der Waals surface area contributed by atoms with E-state index in [4.69, 9.17) is 26.1 Å². The van der Waals surface area contributed by atoms with Crippen molar-refractivity contribution in [2.45, 2.75) is 24.2 Å². The summed E-state index contributed by atoms with van der Waals surface area (Å²) >= 11 is 7.88. The number of benzene rings is 2. The second-order valence-corrected chi connectivity index (χ2v) is 7.44. The average molecular weight is 375 g/mol. The largest absolute Gasteiger partial charge is 0.355 e. The SMILES string of the molecule is Clc1ccc2c(c1)nc(SC[C@@H]1CCOCO1)n2Cc1ccccc1. The molecule has 0 saturated carbocycles. The van der Waals surface area contributed by atoms with Crippen LogP contribution < -0.4 is 0 Å². The molecular weight excluding hydrogens is 356 g/mol. The summed E-state index contributed by atoms with van der Waals surface area (Å²) < 4.78 is 13.2. The molecule has 0 aliphatic carbocycles. The summed E-state index contributed by atoms with van der Waals surface area (Å²) in [5.74, 6) is 0.870. The maximum atomic E-state index is 6.15. The number of aromatic nitrogens is 2. The van der Waals surface area contributed by atoms with Gasteiger partial charge in [0.15, 0.2) is 5.16 Å². The molecule has 25 heavy (non-hydrogen) atoms. The Labute approximate surface area is 156 Å². The fourth-order valence-electron chi connectivity index (χ4n) is 2.91. The van der Waals surface area contributed by atoms with Gasteiger partial charge in [-0.25, -0.2) is 4.98 Å². The van der Waals surface area contributed by atoms with Crippen molar-refractivity contribution in [1.29, 1.82) is 0 Å². The van der Waals surface area contributed by atoms with E-state index in [2.05, 4.69) is 28.8 Å². The lowest BCUT2D eigenvalue weighted by atomic mass is 10.2. The van der Waals surface area contributed by atoms with Crippen molar-refractivity contribution in [2.75, 3.05) is 19.2 Å². The molecule has 4 nitrogen and oxygen atoms in total. The highest BCUT2D eigenvalue weighted by molar-refractivity contribution is 7.99. The van der Waals surface area contributed by atoms with Crippen LogP contribution in [0.25, 0.3) is 11.0 Å². The predicted molar refractivity (Wildman–Crippen MR) is 101 cm³/mol. The predicted octanol–water partition coefficient (Wildman–Crippen LogP) is 4.59. The molecule has 1 atom stereocenters. The molecule has 0 unspecified atom stereocenters. The Morgan fingerprint density at radius 3 is 2.88 bits per heavy atom. The van der Waals surface area contributed by atoms with Crippen LogP contribution in [-0.2, 0) is 16.0 Å². The van der Waals surface area contributed by atoms with Crippen LogP contribution in [-0.4, -0.2) is 34.8 Å². The molecule has 2 heterocycles. The van der Waals surface area contributed by atoms with Gasteiger partial charge in [-0.2, -0.15) is 0 Å². The fourth-order valence-corrected chi connectivity index (χ4v) is 4.16. The Kier molecular flexibility index (Phi) is 5.27. The molecule has 0 N–H and O–H groups in total. The van der Waals surface area contributed by atoms with Crippen LogP contribution in [0.1, 0.15) is 12.0 Å². The summed E-state index contributed by atoms with van der Waals surface area (Å²) in [4.78, 5) is 4.81. The van der Waals surface area contributed by atoms with Gasteiger partial charge >= 0.3 is 0 Å². The van der Waals surface area contributed by atoms with Gasteiger partial charge in [-0.3, -0.25) is 0 Å². The Morgan fingerprint density at radius 2 is 2.08 bits per heavy atom. The fraction of sp³-hybridized carbons (Fsp3) is 0.316. The summed E-state index contributed by atoms with van der Waals surface area (Å²) in [6.45, 7) is 1.94. The van der Waals surface area contributed by atoms with Crippen molar-refractivity contribution in [3.63, 3.8) is 0 Å². The second-order valence-electron chi connectivity index (χ2n) is 6.01. The number of thioether (sulfide) groups is 1. The molecule has 0 radical (unpaired) electrons. The van der Waals surface area contributed by atoms with Crippen LogP contribution in [0.3, 0.4) is 0 Å². The van der Waals surface area contributed by atoms with Crippen LogP contribution in [0.5, 0.6) is 0 Å². The van der Waals surface area contributed by atoms with Crippen LogP contribution in [0, 0.1) is 0 Å². The number of imidazole rings is 1. The zero-order valence-corrected chi connectivity index (χ0v) is 15.3. The molecule has 1 aliphatic heterocycles. The zero-order valence-electron chi connectivity index (χ0n) is 13.7. The van der Waals surface area contributed by atoms with E-state index >= 15 is 0 Å². The van der Waals surface area contributed by atoms with E-state index in [1.54, 1.807) is 11.8 Å². The molecule has 2 aromatic carbocycles. The summed E-state index contributed by atoms with van der Waals surface area (Å²) in [7, 11) is 0. The van der Waals surface area contributed by atoms with E-state index in [1.165, 1.54) is 5.56 Å². The molecule has 0 amide bonds. The molecule has 1 saturated heterocycles. The minimum absolute atomic E-state index is 0.215. The van der Waals surface area contributed by atoms with Gasteiger partial charge in [0, 0.05) is 10.8 Å². The van der Waals surface area contributed by atoms with Crippen LogP contribution in [0.2, 0.25) is 5.02 Å². The summed E-state index contributed by atoms with van der Waals surface area (Å²) in [6, 6.07) is 16.3. The molecule has 1 aliphatic rings. The van der Waals surface area contributed by atoms with Gasteiger partial charge in [-0.1, -0.05) is 53.7 Å². The minimum Gasteiger partial charge on any atom is -0.355 e. The van der Waals surface area contributed by atoms with Gasteiger partial charge in [0.2, 0.25) is 0 Å². The topological polar surface area (TPSA) is 36.3 Å². The van der Waals surface area contributed by atoms with E-state index in [0.29, 0.717) is 11.8 Å². The Balaban J connectivity index is 1.62. The lowest BCUT2D eigenvalue weighted by Gasteiger charge is -2.22. The van der Waals surface area contributed by atoms with Crippen LogP contribution in [0.4, 0.5) is 0 Å². The lowest BCUT2D eigenvalue weighted by Crippen LogP contribution is -2.25. The number of hydrogen-bond acceptors (Lipinski definition) is 4. The molecule has 130 valence electrons. The number of fused-ring (bicyclic) bond motifs is 1. The van der Waals surface area contributed by atoms with Crippen molar-refractivity contribution < 1.29 is 9.47 Å². The lowest BCUT2D eigenvalue weighted by molar-refractivity contribution is -0.130. The summed E-state index contributed by atoms with van der Waals surface area (Å²) in [6.07, 6.45) is 1.14. The number of halogens is 1. The maximum absolute atomic E-state index is 6.15. The molecule has 1 aromatic heterocycles. The molecule has 0 spiro atoms. The van der Waals surface area contributed by atoms with Crippen LogP contribution >= 0.6 is 23.4 Å². The Hall–Kier alpha value is -1.53. The molecule has 0 bridgehead atoms. The zero-order chi connectivity index (χ0) is 17.1. The third kappa shape index (κ3) is 4.01. The second kappa shape index (κ2) is 7.79. The summed E-state index contributed by atoms with van der Waals surface area (Å²) in [5.41, 5.74) is 3.28. The van der Waals surface area contributed by atoms with Crippen LogP contribution in [0.15, 0.2) is 53.7 Å². The Morgan fingerprint density at radius 1 is 1.20 bits per heavy atom. The monoisotopic (exact) mass is 374 g/mol. The third-order valence-corrected chi connectivity index (χ3v) is 5.57. The Bertz CT molecular complexity index is 847. The van der Waals surface area contributed by atoms with Crippen molar-refractivity contribution in [1.82, 2.24) is 9.55 Å². The number of nitrogens with zero attached hydrogens (tertiary/aromatic N) is 2. The molecule has 1 fully saturated rings. The van der Waals surface area contributed by atoms with Crippen molar-refractivity contribution >= 4 is 34.4 Å². The number of hydrogen-bond donors (Lipinski definition) is 0. The van der Waals surface area contributed by atoms with Crippen molar-refractivity contribution in [3.05, 3.63) is 59.1 Å². The quantitative estimate of drug-likeness (QED) is 0.612. The molecular formula is C19H19ClN2O2S. The minimum atomic E-state index is 0.215. The standard InChI is InChI=1S/C19H19ClN2O2S/c20-15-6-7-18-17(10-15)21-19(25-12-16-8-9-23-13-24-16)22(18)11-14-4-2-1-3-5-14/h1-7,10,16H,8-9,11-13H2/t16-/m0/s1. The first kappa shape index (κ1) is 16.9. The average Bonchev–Trinajstić information content (AvgIpc) is 2.98. The van der Waals surface area contributed by atoms with E-state index in [-0.39, 0.29) is 6.10 Å². The van der Waals surface area contributed by atoms with Crippen molar-refractivity contribution in [2.24, 2.45) is 0 Å². The highest BCUT2D eigenvalue weighted by Crippen LogP contribution is 2.28. The van der Waals surface area contributed by atoms with Gasteiger partial charge in [-0.05, 0) is 30.2 Å². The highest BCUT2D eigenvalue weighted by Gasteiger charge is 2.18. The van der Waals surface area contributed by atoms with E-state index < -0.39 is 0 Å². The maximum Gasteiger partial charge on any atom is 0.169 e.